The van der Waals surface area contributed by atoms with Crippen LogP contribution in [0, 0.1) is 0 Å². The van der Waals surface area contributed by atoms with E-state index in [4.69, 9.17) is 4.74 Å². The van der Waals surface area contributed by atoms with Gasteiger partial charge in [-0.25, -0.2) is 0 Å². The fraction of sp³-hybridized carbons (Fsp3) is 0.579. The number of hydrogen-bond donors (Lipinski definition) is 3. The van der Waals surface area contributed by atoms with E-state index in [0.717, 1.165) is 63.0 Å². The molecule has 0 aliphatic carbocycles. The van der Waals surface area contributed by atoms with Gasteiger partial charge in [-0.15, -0.1) is 0 Å². The Kier molecular flexibility index (Phi) is 8.92. The van der Waals surface area contributed by atoms with Gasteiger partial charge in [0.1, 0.15) is 0 Å². The Bertz CT molecular complexity index is 585. The van der Waals surface area contributed by atoms with Crippen molar-refractivity contribution in [3.05, 3.63) is 29.8 Å². The molecule has 1 saturated heterocycles. The number of amides is 1. The van der Waals surface area contributed by atoms with Crippen LogP contribution in [0.2, 0.25) is 0 Å². The van der Waals surface area contributed by atoms with Gasteiger partial charge in [0, 0.05) is 51.9 Å². The third-order valence-corrected chi connectivity index (χ3v) is 4.20. The first-order chi connectivity index (χ1) is 12.7. The normalized spacial score (nSPS) is 15.5. The maximum atomic E-state index is 11.7. The van der Waals surface area contributed by atoms with Crippen LogP contribution in [0.4, 0.5) is 5.69 Å². The van der Waals surface area contributed by atoms with E-state index < -0.39 is 0 Å². The first-order valence-electron chi connectivity index (χ1n) is 9.34. The molecule has 1 amide bonds. The average molecular weight is 361 g/mol. The van der Waals surface area contributed by atoms with E-state index in [-0.39, 0.29) is 5.91 Å². The van der Waals surface area contributed by atoms with E-state index in [1.165, 1.54) is 0 Å². The molecule has 1 aromatic rings. The van der Waals surface area contributed by atoms with Gasteiger partial charge >= 0.3 is 0 Å². The second kappa shape index (κ2) is 11.5. The molecule has 1 aliphatic heterocycles. The zero-order valence-electron chi connectivity index (χ0n) is 15.9. The molecular weight excluding hydrogens is 330 g/mol. The highest BCUT2D eigenvalue weighted by molar-refractivity contribution is 5.90. The number of morpholine rings is 1. The summed E-state index contributed by atoms with van der Waals surface area (Å²) >= 11 is 0. The monoisotopic (exact) mass is 361 g/mol. The number of nitrogens with one attached hydrogen (secondary N) is 3. The number of benzene rings is 1. The van der Waals surface area contributed by atoms with E-state index in [1.807, 2.05) is 31.2 Å². The number of nitrogens with zero attached hydrogens (tertiary/aromatic N) is 2. The van der Waals surface area contributed by atoms with Crippen LogP contribution in [0.25, 0.3) is 0 Å². The zero-order chi connectivity index (χ0) is 18.6. The average Bonchev–Trinajstić information content (AvgIpc) is 2.66. The Morgan fingerprint density at radius 2 is 2.08 bits per heavy atom. The molecular formula is C19H31N5O2. The molecule has 1 aromatic carbocycles. The van der Waals surface area contributed by atoms with Crippen molar-refractivity contribution in [2.24, 2.45) is 4.99 Å². The number of hydrogen-bond acceptors (Lipinski definition) is 4. The summed E-state index contributed by atoms with van der Waals surface area (Å²) in [6, 6.07) is 7.88. The number of rotatable bonds is 8. The molecule has 0 atom stereocenters. The summed E-state index contributed by atoms with van der Waals surface area (Å²) in [4.78, 5) is 18.4. The van der Waals surface area contributed by atoms with Crippen molar-refractivity contribution in [1.29, 1.82) is 0 Å². The minimum atomic E-state index is 0.0539. The number of guanidine groups is 1. The first-order valence-corrected chi connectivity index (χ1v) is 9.34. The first kappa shape index (κ1) is 20.2. The van der Waals surface area contributed by atoms with Gasteiger partial charge in [-0.3, -0.25) is 14.7 Å². The predicted octanol–water partition coefficient (Wildman–Crippen LogP) is 1.42. The topological polar surface area (TPSA) is 78.0 Å². The number of aliphatic imine (C=N–C) groups is 1. The molecule has 2 rings (SSSR count). The quantitative estimate of drug-likeness (QED) is 0.482. The fourth-order valence-corrected chi connectivity index (χ4v) is 2.77. The lowest BCUT2D eigenvalue weighted by atomic mass is 10.2. The maximum Gasteiger partial charge on any atom is 0.224 e. The highest BCUT2D eigenvalue weighted by Gasteiger charge is 2.09. The summed E-state index contributed by atoms with van der Waals surface area (Å²) in [7, 11) is 1.77. The smallest absolute Gasteiger partial charge is 0.224 e. The molecule has 1 heterocycles. The molecule has 7 nitrogen and oxygen atoms in total. The molecule has 0 unspecified atom stereocenters. The van der Waals surface area contributed by atoms with Crippen molar-refractivity contribution in [3.63, 3.8) is 0 Å². The molecule has 26 heavy (non-hydrogen) atoms. The summed E-state index contributed by atoms with van der Waals surface area (Å²) in [6.45, 7) is 8.08. The summed E-state index contributed by atoms with van der Waals surface area (Å²) in [5.74, 6) is 0.830. The molecule has 1 aliphatic rings. The molecule has 3 N–H and O–H groups in total. The van der Waals surface area contributed by atoms with Crippen LogP contribution >= 0.6 is 0 Å². The van der Waals surface area contributed by atoms with Crippen LogP contribution in [0.15, 0.2) is 29.3 Å². The maximum absolute atomic E-state index is 11.7. The molecule has 0 spiro atoms. The van der Waals surface area contributed by atoms with E-state index in [0.29, 0.717) is 13.0 Å². The molecule has 7 heteroatoms. The highest BCUT2D eigenvalue weighted by Crippen LogP contribution is 2.11. The molecule has 0 bridgehead atoms. The summed E-state index contributed by atoms with van der Waals surface area (Å²) in [6.07, 6.45) is 1.39. The van der Waals surface area contributed by atoms with Gasteiger partial charge in [-0.2, -0.15) is 0 Å². The number of anilines is 1. The van der Waals surface area contributed by atoms with Crippen LogP contribution in [-0.4, -0.2) is 63.2 Å². The highest BCUT2D eigenvalue weighted by atomic mass is 16.5. The standard InChI is InChI=1S/C19H31N5O2/c1-3-5-18(25)23-17-7-4-6-16(14-17)15-22-19(20-2)21-8-9-24-10-12-26-13-11-24/h4,6-7,14H,3,5,8-13,15H2,1-2H3,(H,23,25)(H2,20,21,22). The van der Waals surface area contributed by atoms with Crippen LogP contribution < -0.4 is 16.0 Å². The van der Waals surface area contributed by atoms with Crippen molar-refractivity contribution < 1.29 is 9.53 Å². The molecule has 0 aromatic heterocycles. The van der Waals surface area contributed by atoms with E-state index in [9.17, 15) is 4.79 Å². The van der Waals surface area contributed by atoms with E-state index >= 15 is 0 Å². The number of carbonyl (C=O) groups excluding carboxylic acids is 1. The lowest BCUT2D eigenvalue weighted by molar-refractivity contribution is -0.116. The Hall–Kier alpha value is -2.12. The number of carbonyl (C=O) groups is 1. The molecule has 0 saturated carbocycles. The lowest BCUT2D eigenvalue weighted by Crippen LogP contribution is -2.44. The van der Waals surface area contributed by atoms with Crippen molar-refractivity contribution in [2.75, 3.05) is 51.8 Å². The zero-order valence-corrected chi connectivity index (χ0v) is 15.9. The third kappa shape index (κ3) is 7.41. The van der Waals surface area contributed by atoms with Gasteiger partial charge in [0.05, 0.1) is 13.2 Å². The van der Waals surface area contributed by atoms with E-state index in [1.54, 1.807) is 7.05 Å². The second-order valence-corrected chi connectivity index (χ2v) is 6.31. The summed E-state index contributed by atoms with van der Waals surface area (Å²) in [5, 5.41) is 9.58. The Balaban J connectivity index is 1.74. The minimum Gasteiger partial charge on any atom is -0.379 e. The minimum absolute atomic E-state index is 0.0539. The van der Waals surface area contributed by atoms with Crippen molar-refractivity contribution >= 4 is 17.6 Å². The van der Waals surface area contributed by atoms with Crippen molar-refractivity contribution in [3.8, 4) is 0 Å². The lowest BCUT2D eigenvalue weighted by Gasteiger charge is -2.26. The molecule has 1 fully saturated rings. The fourth-order valence-electron chi connectivity index (χ4n) is 2.77. The van der Waals surface area contributed by atoms with Crippen LogP contribution in [-0.2, 0) is 16.1 Å². The van der Waals surface area contributed by atoms with Gasteiger partial charge in [0.2, 0.25) is 5.91 Å². The van der Waals surface area contributed by atoms with Gasteiger partial charge in [-0.05, 0) is 24.1 Å². The predicted molar refractivity (Wildman–Crippen MR) is 105 cm³/mol. The second-order valence-electron chi connectivity index (χ2n) is 6.31. The SMILES string of the molecule is CCCC(=O)Nc1cccc(CNC(=NC)NCCN2CCOCC2)c1. The number of ether oxygens (including phenoxy) is 1. The Labute approximate surface area is 156 Å². The largest absolute Gasteiger partial charge is 0.379 e. The van der Waals surface area contributed by atoms with E-state index in [2.05, 4.69) is 25.8 Å². The van der Waals surface area contributed by atoms with Gasteiger partial charge in [-0.1, -0.05) is 19.1 Å². The summed E-state index contributed by atoms with van der Waals surface area (Å²) in [5.41, 5.74) is 1.92. The van der Waals surface area contributed by atoms with Gasteiger partial charge in [0.25, 0.3) is 0 Å². The Morgan fingerprint density at radius 1 is 1.27 bits per heavy atom. The van der Waals surface area contributed by atoms with Crippen LogP contribution in [0.1, 0.15) is 25.3 Å². The summed E-state index contributed by atoms with van der Waals surface area (Å²) < 4.78 is 5.36. The van der Waals surface area contributed by atoms with Crippen molar-refractivity contribution in [2.45, 2.75) is 26.3 Å². The van der Waals surface area contributed by atoms with Gasteiger partial charge in [0.15, 0.2) is 5.96 Å². The Morgan fingerprint density at radius 3 is 2.81 bits per heavy atom. The molecule has 0 radical (unpaired) electrons. The third-order valence-electron chi connectivity index (χ3n) is 4.20. The molecule has 144 valence electrons. The van der Waals surface area contributed by atoms with Crippen molar-refractivity contribution in [1.82, 2.24) is 15.5 Å². The van der Waals surface area contributed by atoms with Gasteiger partial charge < -0.3 is 20.7 Å². The van der Waals surface area contributed by atoms with Crippen LogP contribution in [0.3, 0.4) is 0 Å². The van der Waals surface area contributed by atoms with Crippen LogP contribution in [0.5, 0.6) is 0 Å².